The van der Waals surface area contributed by atoms with Gasteiger partial charge in [0.05, 0.1) is 48.4 Å². The van der Waals surface area contributed by atoms with Gasteiger partial charge >= 0.3 is 0 Å². The van der Waals surface area contributed by atoms with Crippen LogP contribution in [-0.4, -0.2) is 232 Å². The Balaban J connectivity index is 1.33. The van der Waals surface area contributed by atoms with E-state index in [4.69, 9.17) is 43.9 Å². The molecule has 13 atom stereocenters. The molecule has 2 saturated heterocycles. The third-order valence-corrected chi connectivity index (χ3v) is 28.3. The molecule has 39 nitrogen and oxygen atoms in total. The van der Waals surface area contributed by atoms with Crippen molar-refractivity contribution in [3.05, 3.63) is 114 Å². The number of aliphatic hydroxyl groups excluding tert-OH is 1. The second-order valence-corrected chi connectivity index (χ2v) is 39.2. The second-order valence-electron chi connectivity index (χ2n) is 35.8. The van der Waals surface area contributed by atoms with Crippen molar-refractivity contribution in [1.29, 1.82) is 0 Å². The Hall–Kier alpha value is -12.1. The summed E-state index contributed by atoms with van der Waals surface area (Å²) in [5.74, 6) is -24.6. The molecule has 1 aromatic heterocycles. The highest BCUT2D eigenvalue weighted by atomic mass is 33.1. The number of carbonyl (C=O) groups excluding carboxylic acids is 19. The Morgan fingerprint density at radius 1 is 0.585 bits per heavy atom. The molecule has 41 heteroatoms. The molecule has 0 aliphatic carbocycles. The molecule has 0 bridgehead atoms. The molecular formula is C94H131N17O22S2. The van der Waals surface area contributed by atoms with E-state index in [9.17, 15) is 62.6 Å². The van der Waals surface area contributed by atoms with Crippen LogP contribution in [0.3, 0.4) is 0 Å². The highest BCUT2D eigenvalue weighted by molar-refractivity contribution is 8.77. The predicted octanol–water partition coefficient (Wildman–Crippen LogP) is 1.05. The number of fused-ring (bicyclic) bond motifs is 2. The molecule has 14 amide bonds. The minimum atomic E-state index is -1.90. The fraction of sp³-hybridized carbons (Fsp3) is 0.543. The maximum absolute atomic E-state index is 16.4. The number of nitrogens with two attached hydrogens (primary N) is 6. The van der Waals surface area contributed by atoms with Gasteiger partial charge in [-0.25, -0.2) is 0 Å². The van der Waals surface area contributed by atoms with Crippen LogP contribution >= 0.6 is 21.6 Å². The topological polar surface area (TPSA) is 655 Å². The fourth-order valence-corrected chi connectivity index (χ4v) is 19.4. The van der Waals surface area contributed by atoms with Crippen molar-refractivity contribution in [1.82, 2.24) is 58.2 Å². The third kappa shape index (κ3) is 34.7. The van der Waals surface area contributed by atoms with Gasteiger partial charge in [0.2, 0.25) is 82.7 Å². The Morgan fingerprint density at radius 2 is 1.20 bits per heavy atom. The maximum atomic E-state index is 16.4. The molecule has 736 valence electrons. The molecule has 2 aliphatic rings. The molecule has 3 heterocycles. The SMILES string of the molecule is CNCCCCC(NC(=O)C(CC(N)=O)CC(=O)C(CC(N)=O)NC(=O)C(CCCCNC(C)=O)CC(=O)C1(NC(=O)C(CC(=O)C(Cc2ccc(OCCN)cc2)NC(=O)C2CC(=O)C(CCC(N)=O)NC(=O)C(Cc3c[nH]c4ccccc34)NC(=O)C(C(C)O)NC(=O)C(CC(N)=O)CC(=O)C(NC(C)=O)C(C)(C)SSC2(C)C)Cc2ccc3ccccc3c2)CCOCC1)C(N)=O. The molecule has 135 heavy (non-hydrogen) atoms. The lowest BCUT2D eigenvalue weighted by Gasteiger charge is -2.39. The van der Waals surface area contributed by atoms with Gasteiger partial charge < -0.3 is 107 Å². The number of rotatable bonds is 48. The van der Waals surface area contributed by atoms with Gasteiger partial charge in [-0.05, 0) is 145 Å². The monoisotopic (exact) mass is 1910 g/mol. The first kappa shape index (κ1) is 110. The molecule has 0 radical (unpaired) electrons. The van der Waals surface area contributed by atoms with E-state index in [0.717, 1.165) is 46.2 Å². The van der Waals surface area contributed by atoms with Crippen LogP contribution in [0.1, 0.15) is 181 Å². The van der Waals surface area contributed by atoms with E-state index < -0.39 is 263 Å². The van der Waals surface area contributed by atoms with Gasteiger partial charge in [0.15, 0.2) is 28.9 Å². The minimum absolute atomic E-state index is 0.0975. The molecule has 0 saturated carbocycles. The van der Waals surface area contributed by atoms with E-state index in [0.29, 0.717) is 52.7 Å². The summed E-state index contributed by atoms with van der Waals surface area (Å²) in [4.78, 5) is 275. The number of H-pyrrole nitrogens is 1. The van der Waals surface area contributed by atoms with Gasteiger partial charge in [-0.3, -0.25) is 91.1 Å². The number of carbonyl (C=O) groups is 19. The minimum Gasteiger partial charge on any atom is -0.492 e. The zero-order valence-electron chi connectivity index (χ0n) is 77.6. The van der Waals surface area contributed by atoms with E-state index in [1.165, 1.54) is 6.92 Å². The van der Waals surface area contributed by atoms with Crippen LogP contribution in [0.15, 0.2) is 97.2 Å². The summed E-state index contributed by atoms with van der Waals surface area (Å²) >= 11 is 0. The zero-order valence-corrected chi connectivity index (χ0v) is 79.3. The molecule has 2 aliphatic heterocycles. The van der Waals surface area contributed by atoms with E-state index in [2.05, 4.69) is 58.2 Å². The van der Waals surface area contributed by atoms with Gasteiger partial charge in [0, 0.05) is 149 Å². The number of unbranched alkanes of at least 4 members (excludes halogenated alkanes) is 2. The van der Waals surface area contributed by atoms with Crippen LogP contribution < -0.4 is 92.3 Å². The van der Waals surface area contributed by atoms with Gasteiger partial charge in [0.1, 0.15) is 42.1 Å². The Bertz CT molecular complexity index is 5080. The number of aromatic amines is 1. The number of aromatic nitrogens is 1. The quantitative estimate of drug-likeness (QED) is 0.0191. The molecule has 2 fully saturated rings. The first-order valence-corrected chi connectivity index (χ1v) is 47.4. The molecule has 7 rings (SSSR count). The summed E-state index contributed by atoms with van der Waals surface area (Å²) < 4.78 is 8.58. The molecule has 24 N–H and O–H groups in total. The van der Waals surface area contributed by atoms with Crippen molar-refractivity contribution in [3.8, 4) is 5.75 Å². The fourth-order valence-electron chi connectivity index (χ4n) is 16.4. The molecular weight excluding hydrogens is 1780 g/mol. The summed E-state index contributed by atoms with van der Waals surface area (Å²) in [7, 11) is 3.64. The van der Waals surface area contributed by atoms with E-state index in [1.807, 2.05) is 30.3 Å². The number of aliphatic hydroxyl groups is 1. The number of hydrogen-bond donors (Lipinski definition) is 18. The number of primary amides is 5. The smallest absolute Gasteiger partial charge is 0.245 e. The van der Waals surface area contributed by atoms with Crippen LogP contribution in [0.5, 0.6) is 5.75 Å². The molecule has 0 spiro atoms. The third-order valence-electron chi connectivity index (χ3n) is 24.0. The Morgan fingerprint density at radius 3 is 1.84 bits per heavy atom. The summed E-state index contributed by atoms with van der Waals surface area (Å²) in [6.07, 6.45) is -7.18. The summed E-state index contributed by atoms with van der Waals surface area (Å²) in [5.41, 5.74) is 34.3. The largest absolute Gasteiger partial charge is 0.492 e. The van der Waals surface area contributed by atoms with Gasteiger partial charge in [-0.1, -0.05) is 101 Å². The lowest BCUT2D eigenvalue weighted by Crippen LogP contribution is -2.60. The molecule has 4 aromatic carbocycles. The van der Waals surface area contributed by atoms with Crippen LogP contribution in [-0.2, 0) is 115 Å². The average molecular weight is 1920 g/mol. The number of para-hydroxylation sites is 1. The van der Waals surface area contributed by atoms with Crippen molar-refractivity contribution >= 4 is 155 Å². The van der Waals surface area contributed by atoms with E-state index in [-0.39, 0.29) is 96.6 Å². The van der Waals surface area contributed by atoms with Crippen molar-refractivity contribution in [2.45, 2.75) is 247 Å². The average Bonchev–Trinajstić information content (AvgIpc) is 1.60. The van der Waals surface area contributed by atoms with Crippen LogP contribution in [0, 0.1) is 29.6 Å². The van der Waals surface area contributed by atoms with Crippen molar-refractivity contribution in [2.75, 3.05) is 46.5 Å². The predicted molar refractivity (Wildman–Crippen MR) is 504 cm³/mol. The lowest BCUT2D eigenvalue weighted by atomic mass is 9.79. The number of ketones is 5. The lowest BCUT2D eigenvalue weighted by molar-refractivity contribution is -0.141. The van der Waals surface area contributed by atoms with Crippen LogP contribution in [0.4, 0.5) is 0 Å². The van der Waals surface area contributed by atoms with Crippen molar-refractivity contribution < 1.29 is 106 Å². The first-order chi connectivity index (χ1) is 63.8. The Labute approximate surface area is 791 Å². The first-order valence-electron chi connectivity index (χ1n) is 45.3. The van der Waals surface area contributed by atoms with E-state index in [1.54, 1.807) is 102 Å². The highest BCUT2D eigenvalue weighted by Gasteiger charge is 2.49. The van der Waals surface area contributed by atoms with Gasteiger partial charge in [-0.2, -0.15) is 0 Å². The number of amides is 14. The second kappa shape index (κ2) is 52.7. The summed E-state index contributed by atoms with van der Waals surface area (Å²) in [6, 6.07) is 14.6. The number of Topliss-reactive ketones (excluding diaryl/α,β-unsaturated/α-hetero) is 5. The molecule has 5 aromatic rings. The van der Waals surface area contributed by atoms with Crippen molar-refractivity contribution in [3.63, 3.8) is 0 Å². The Kier molecular flexibility index (Phi) is 42.9. The normalized spacial score (nSPS) is 19.9. The van der Waals surface area contributed by atoms with E-state index >= 15 is 33.6 Å². The number of ether oxygens (including phenoxy) is 2. The van der Waals surface area contributed by atoms with Crippen molar-refractivity contribution in [2.24, 2.45) is 64.0 Å². The number of nitrogens with one attached hydrogen (secondary N) is 11. The standard InChI is InChI=1S/C94H131N17O22S2/c1-52(112)82-91(131)109-72(42-63-51-103-67-21-12-11-20-65(63)67)90(130)105-68(29-30-78(96)120)75(117)49-66(92(4,5)134-135-93(6,7)83(104-54(3)114)76(118)45-62(48-80(98)122)87(127)110-82)89(129)108-70(41-55-24-27-64(28-25-55)133-38-33-95)73(115)43-60(40-56-23-26-57-17-9-10-18-58(57)39-56)88(128)111-94(31-36-132-37-32-94)77(119)46-59(19-13-16-35-102-53(2)113)85(125)107-71(50-81(99)123)74(116)44-61(47-79(97)121)86(126)106-69(84(100)124)22-14-15-34-101-8/h9-12,17-18,20-21,23-28,39,51-52,59-62,66,68-72,82-83,101,103,112H,13-16,19,22,29-38,40-50,95H2,1-8H3,(H2,96,120)(H2,97,121)(H2,98,122)(H2,99,123)(H2,100,124)(H,102,113)(H,104,114)(H,105,130)(H,106,126)(H,107,125)(H,108,129)(H,109,131)(H,110,127)(H,111,128). The highest BCUT2D eigenvalue weighted by Crippen LogP contribution is 2.50. The maximum Gasteiger partial charge on any atom is 0.245 e. The summed E-state index contributed by atoms with van der Waals surface area (Å²) in [5, 5.41) is 40.4. The number of benzene rings is 4. The van der Waals surface area contributed by atoms with Crippen LogP contribution in [0.2, 0.25) is 0 Å². The zero-order chi connectivity index (χ0) is 99.6. The van der Waals surface area contributed by atoms with Gasteiger partial charge in [-0.15, -0.1) is 0 Å². The molecule has 13 unspecified atom stereocenters. The van der Waals surface area contributed by atoms with Gasteiger partial charge in [0.25, 0.3) is 0 Å². The summed E-state index contributed by atoms with van der Waals surface area (Å²) in [6.45, 7) is 10.6. The van der Waals surface area contributed by atoms with Crippen LogP contribution in [0.25, 0.3) is 21.7 Å². The number of hydrogen-bond acceptors (Lipinski definition) is 26.